The van der Waals surface area contributed by atoms with Gasteiger partial charge in [0.15, 0.2) is 4.77 Å². The molecule has 0 radical (unpaired) electrons. The number of nitrogens with zero attached hydrogens (tertiary/aromatic N) is 4. The minimum atomic E-state index is -0.151. The van der Waals surface area contributed by atoms with Crippen LogP contribution in [-0.2, 0) is 20.1 Å². The molecule has 1 saturated heterocycles. The lowest BCUT2D eigenvalue weighted by Gasteiger charge is -2.28. The van der Waals surface area contributed by atoms with Crippen LogP contribution in [0, 0.1) is 4.77 Å². The number of rotatable bonds is 4. The van der Waals surface area contributed by atoms with Gasteiger partial charge in [0.1, 0.15) is 5.82 Å². The van der Waals surface area contributed by atoms with Crippen LogP contribution in [0.15, 0.2) is 30.3 Å². The SMILES string of the molecule is Cn1c(Cc2ccccc2)nn(CN2CCC(O)CC2)c1=S. The average Bonchev–Trinajstić information content (AvgIpc) is 2.79. The number of benzene rings is 1. The topological polar surface area (TPSA) is 46.2 Å². The van der Waals surface area contributed by atoms with Crippen molar-refractivity contribution in [3.8, 4) is 0 Å². The fourth-order valence-electron chi connectivity index (χ4n) is 2.81. The molecule has 118 valence electrons. The van der Waals surface area contributed by atoms with E-state index in [1.54, 1.807) is 0 Å². The molecule has 1 aromatic heterocycles. The molecule has 22 heavy (non-hydrogen) atoms. The Bertz CT molecular complexity index is 671. The van der Waals surface area contributed by atoms with Crippen molar-refractivity contribution >= 4 is 12.2 Å². The van der Waals surface area contributed by atoms with E-state index in [0.29, 0.717) is 6.67 Å². The maximum Gasteiger partial charge on any atom is 0.198 e. The minimum absolute atomic E-state index is 0.151. The average molecular weight is 318 g/mol. The highest BCUT2D eigenvalue weighted by Crippen LogP contribution is 2.12. The second-order valence-corrected chi connectivity index (χ2v) is 6.28. The second kappa shape index (κ2) is 6.73. The first-order valence-electron chi connectivity index (χ1n) is 7.70. The van der Waals surface area contributed by atoms with Crippen LogP contribution in [0.2, 0.25) is 0 Å². The summed E-state index contributed by atoms with van der Waals surface area (Å²) >= 11 is 5.51. The summed E-state index contributed by atoms with van der Waals surface area (Å²) in [5, 5.41) is 14.3. The molecule has 1 aromatic carbocycles. The summed E-state index contributed by atoms with van der Waals surface area (Å²) < 4.78 is 4.63. The van der Waals surface area contributed by atoms with Crippen LogP contribution in [0.1, 0.15) is 24.2 Å². The molecule has 3 rings (SSSR count). The fourth-order valence-corrected chi connectivity index (χ4v) is 3.01. The summed E-state index contributed by atoms with van der Waals surface area (Å²) in [4.78, 5) is 2.29. The van der Waals surface area contributed by atoms with Crippen molar-refractivity contribution in [2.45, 2.75) is 32.0 Å². The largest absolute Gasteiger partial charge is 0.393 e. The Labute approximate surface area is 135 Å². The molecule has 1 fully saturated rings. The molecule has 1 aliphatic heterocycles. The highest BCUT2D eigenvalue weighted by Gasteiger charge is 2.18. The second-order valence-electron chi connectivity index (χ2n) is 5.91. The monoisotopic (exact) mass is 318 g/mol. The standard InChI is InChI=1S/C16H22N4OS/c1-18-15(11-13-5-3-2-4-6-13)17-20(16(18)22)12-19-9-7-14(21)8-10-19/h2-6,14,21H,7-12H2,1H3. The number of hydrogen-bond acceptors (Lipinski definition) is 4. The zero-order valence-electron chi connectivity index (χ0n) is 12.9. The number of hydrogen-bond donors (Lipinski definition) is 1. The Kier molecular flexibility index (Phi) is 4.71. The molecule has 1 N–H and O–H groups in total. The molecule has 6 heteroatoms. The van der Waals surface area contributed by atoms with Crippen LogP contribution < -0.4 is 0 Å². The van der Waals surface area contributed by atoms with E-state index in [9.17, 15) is 5.11 Å². The molecule has 0 atom stereocenters. The number of aliphatic hydroxyl groups is 1. The Morgan fingerprint density at radius 3 is 2.59 bits per heavy atom. The predicted molar refractivity (Wildman–Crippen MR) is 88.1 cm³/mol. The maximum absolute atomic E-state index is 9.59. The molecule has 0 unspecified atom stereocenters. The van der Waals surface area contributed by atoms with Gasteiger partial charge in [-0.1, -0.05) is 30.3 Å². The summed E-state index contributed by atoms with van der Waals surface area (Å²) in [5.74, 6) is 0.980. The molecule has 1 aliphatic rings. The van der Waals surface area contributed by atoms with E-state index in [-0.39, 0.29) is 6.10 Å². The Balaban J connectivity index is 1.73. The van der Waals surface area contributed by atoms with E-state index >= 15 is 0 Å². The smallest absolute Gasteiger partial charge is 0.198 e. The van der Waals surface area contributed by atoms with Gasteiger partial charge in [-0.2, -0.15) is 5.10 Å². The molecule has 0 aliphatic carbocycles. The summed E-state index contributed by atoms with van der Waals surface area (Å²) in [6, 6.07) is 10.3. The number of aromatic nitrogens is 3. The van der Waals surface area contributed by atoms with Gasteiger partial charge in [0.2, 0.25) is 0 Å². The van der Waals surface area contributed by atoms with Crippen LogP contribution in [-0.4, -0.2) is 43.5 Å². The van der Waals surface area contributed by atoms with Crippen molar-refractivity contribution in [3.63, 3.8) is 0 Å². The van der Waals surface area contributed by atoms with E-state index in [2.05, 4.69) is 22.1 Å². The molecular weight excluding hydrogens is 296 g/mol. The van der Waals surface area contributed by atoms with E-state index in [0.717, 1.165) is 42.9 Å². The van der Waals surface area contributed by atoms with Gasteiger partial charge in [-0.15, -0.1) is 0 Å². The van der Waals surface area contributed by atoms with Gasteiger partial charge >= 0.3 is 0 Å². The first-order chi connectivity index (χ1) is 10.6. The van der Waals surface area contributed by atoms with E-state index in [1.807, 2.05) is 34.5 Å². The summed E-state index contributed by atoms with van der Waals surface area (Å²) in [7, 11) is 1.98. The van der Waals surface area contributed by atoms with Gasteiger partial charge < -0.3 is 9.67 Å². The van der Waals surface area contributed by atoms with Crippen molar-refractivity contribution in [1.29, 1.82) is 0 Å². The highest BCUT2D eigenvalue weighted by molar-refractivity contribution is 7.71. The van der Waals surface area contributed by atoms with Crippen molar-refractivity contribution in [1.82, 2.24) is 19.2 Å². The van der Waals surface area contributed by atoms with E-state index in [4.69, 9.17) is 12.2 Å². The zero-order chi connectivity index (χ0) is 15.5. The normalized spacial score (nSPS) is 17.0. The fraction of sp³-hybridized carbons (Fsp3) is 0.500. The highest BCUT2D eigenvalue weighted by atomic mass is 32.1. The summed E-state index contributed by atoms with van der Waals surface area (Å²) in [6.45, 7) is 2.50. The Hall–Kier alpha value is -1.50. The van der Waals surface area contributed by atoms with Gasteiger partial charge in [0.25, 0.3) is 0 Å². The van der Waals surface area contributed by atoms with Crippen LogP contribution in [0.4, 0.5) is 0 Å². The van der Waals surface area contributed by atoms with Gasteiger partial charge in [-0.05, 0) is 30.6 Å². The van der Waals surface area contributed by atoms with Gasteiger partial charge in [0.05, 0.1) is 12.8 Å². The van der Waals surface area contributed by atoms with Gasteiger partial charge in [-0.3, -0.25) is 4.90 Å². The van der Waals surface area contributed by atoms with E-state index < -0.39 is 0 Å². The molecule has 5 nitrogen and oxygen atoms in total. The zero-order valence-corrected chi connectivity index (χ0v) is 13.7. The third kappa shape index (κ3) is 3.45. The lowest BCUT2D eigenvalue weighted by atomic mass is 10.1. The lowest BCUT2D eigenvalue weighted by Crippen LogP contribution is -2.37. The maximum atomic E-state index is 9.59. The first-order valence-corrected chi connectivity index (χ1v) is 8.11. The predicted octanol–water partition coefficient (Wildman–Crippen LogP) is 1.96. The summed E-state index contributed by atoms with van der Waals surface area (Å²) in [5.41, 5.74) is 1.24. The first kappa shape index (κ1) is 15.4. The van der Waals surface area contributed by atoms with Crippen molar-refractivity contribution in [3.05, 3.63) is 46.5 Å². The molecule has 0 amide bonds. The van der Waals surface area contributed by atoms with Crippen molar-refractivity contribution < 1.29 is 5.11 Å². The van der Waals surface area contributed by atoms with Crippen molar-refractivity contribution in [2.75, 3.05) is 13.1 Å². The number of piperidine rings is 1. The molecule has 0 spiro atoms. The van der Waals surface area contributed by atoms with Crippen molar-refractivity contribution in [2.24, 2.45) is 7.05 Å². The van der Waals surface area contributed by atoms with E-state index in [1.165, 1.54) is 5.56 Å². The third-order valence-corrected chi connectivity index (χ3v) is 4.71. The Morgan fingerprint density at radius 1 is 1.23 bits per heavy atom. The van der Waals surface area contributed by atoms with Crippen LogP contribution >= 0.6 is 12.2 Å². The van der Waals surface area contributed by atoms with Crippen LogP contribution in [0.25, 0.3) is 0 Å². The molecule has 0 bridgehead atoms. The molecule has 0 saturated carbocycles. The van der Waals surface area contributed by atoms with Crippen LogP contribution in [0.3, 0.4) is 0 Å². The molecular formula is C16H22N4OS. The van der Waals surface area contributed by atoms with Gasteiger partial charge in [-0.25, -0.2) is 4.68 Å². The van der Waals surface area contributed by atoms with Gasteiger partial charge in [0, 0.05) is 26.6 Å². The number of likely N-dealkylation sites (tertiary alicyclic amines) is 1. The summed E-state index contributed by atoms with van der Waals surface area (Å²) in [6.07, 6.45) is 2.29. The minimum Gasteiger partial charge on any atom is -0.393 e. The number of aliphatic hydroxyl groups excluding tert-OH is 1. The quantitative estimate of drug-likeness (QED) is 0.876. The molecule has 2 heterocycles. The third-order valence-electron chi connectivity index (χ3n) is 4.23. The lowest BCUT2D eigenvalue weighted by molar-refractivity contribution is 0.0650. The molecule has 2 aromatic rings. The Morgan fingerprint density at radius 2 is 1.91 bits per heavy atom. The van der Waals surface area contributed by atoms with Crippen LogP contribution in [0.5, 0.6) is 0 Å².